The van der Waals surface area contributed by atoms with Crippen LogP contribution in [0.5, 0.6) is 0 Å². The summed E-state index contributed by atoms with van der Waals surface area (Å²) < 4.78 is 33.1. The number of phosphoric acid groups is 1. The Morgan fingerprint density at radius 1 is 0.552 bits per heavy atom. The van der Waals surface area contributed by atoms with Gasteiger partial charge in [-0.2, -0.15) is 0 Å². The van der Waals surface area contributed by atoms with Gasteiger partial charge in [-0.25, -0.2) is 4.57 Å². The van der Waals surface area contributed by atoms with E-state index in [2.05, 4.69) is 116 Å². The molecule has 0 bridgehead atoms. The molecule has 0 aliphatic rings. The average molecular weight is 828 g/mol. The molecule has 0 rings (SSSR count). The largest absolute Gasteiger partial charge is 0.472 e. The monoisotopic (exact) mass is 828 g/mol. The van der Waals surface area contributed by atoms with E-state index >= 15 is 0 Å². The Balaban J connectivity index is 4.42. The molecular weight excluding hydrogens is 750 g/mol. The van der Waals surface area contributed by atoms with Gasteiger partial charge in [-0.05, 0) is 96.9 Å². The Hall–Kier alpha value is -3.33. The summed E-state index contributed by atoms with van der Waals surface area (Å²) in [6.07, 6.45) is 55.7. The zero-order chi connectivity index (χ0) is 42.5. The first-order valence-corrected chi connectivity index (χ1v) is 23.3. The van der Waals surface area contributed by atoms with Gasteiger partial charge < -0.3 is 19.7 Å². The molecule has 0 spiro atoms. The summed E-state index contributed by atoms with van der Waals surface area (Å²) in [6.45, 7) is 3.94. The highest BCUT2D eigenvalue weighted by Crippen LogP contribution is 2.43. The van der Waals surface area contributed by atoms with Crippen LogP contribution in [-0.4, -0.2) is 56.3 Å². The lowest BCUT2D eigenvalue weighted by Gasteiger charge is -2.20. The number of hydrogen-bond acceptors (Lipinski definition) is 8. The minimum atomic E-state index is -4.38. The third-order valence-corrected chi connectivity index (χ3v) is 9.37. The van der Waals surface area contributed by atoms with Gasteiger partial charge in [0, 0.05) is 19.4 Å². The maximum absolute atomic E-state index is 12.6. The molecule has 0 aromatic rings. The van der Waals surface area contributed by atoms with Crippen molar-refractivity contribution in [2.45, 2.75) is 148 Å². The standard InChI is InChI=1S/C48H78NO8P/c1-4-6-8-10-12-14-16-18-20-22-23-25-26-28-30-32-34-36-38-40-47(50)54-44-46(45-56-58(52,53)55-43-42-49-3)57-48(51)41-39-37-35-33-31-29-27-24-21-19-17-15-13-11-9-7-5-2/h6,8,12-15,18-21,23,25,27-30,34,36,46,49H,4-5,7,9-11,16-17,22,24,26,31-33,35,37-45H2,1-3H3,(H,52,53)/b8-6-,14-12-,15-13-,20-18-,21-19-,25-23-,29-27-,30-28-,36-34-. The van der Waals surface area contributed by atoms with E-state index in [0.717, 1.165) is 77.0 Å². The van der Waals surface area contributed by atoms with Crippen molar-refractivity contribution in [2.24, 2.45) is 0 Å². The van der Waals surface area contributed by atoms with Gasteiger partial charge in [0.15, 0.2) is 6.10 Å². The van der Waals surface area contributed by atoms with Crippen LogP contribution in [0.2, 0.25) is 0 Å². The molecule has 0 aliphatic carbocycles. The number of ether oxygens (including phenoxy) is 2. The van der Waals surface area contributed by atoms with E-state index in [0.29, 0.717) is 19.4 Å². The molecule has 0 fully saturated rings. The van der Waals surface area contributed by atoms with Gasteiger partial charge >= 0.3 is 19.8 Å². The van der Waals surface area contributed by atoms with Crippen molar-refractivity contribution in [2.75, 3.05) is 33.4 Å². The molecule has 10 heteroatoms. The van der Waals surface area contributed by atoms with Crippen molar-refractivity contribution in [3.8, 4) is 0 Å². The molecule has 2 atom stereocenters. The van der Waals surface area contributed by atoms with Gasteiger partial charge in [0.2, 0.25) is 0 Å². The van der Waals surface area contributed by atoms with E-state index < -0.39 is 32.5 Å². The molecule has 0 aliphatic heterocycles. The molecule has 2 unspecified atom stereocenters. The van der Waals surface area contributed by atoms with E-state index in [1.54, 1.807) is 7.05 Å². The quantitative estimate of drug-likeness (QED) is 0.0270. The first-order valence-electron chi connectivity index (χ1n) is 21.8. The number of hydrogen-bond donors (Lipinski definition) is 2. The van der Waals surface area contributed by atoms with Crippen molar-refractivity contribution >= 4 is 19.8 Å². The molecule has 9 nitrogen and oxygen atoms in total. The van der Waals surface area contributed by atoms with Crippen LogP contribution < -0.4 is 5.32 Å². The molecule has 0 saturated heterocycles. The lowest BCUT2D eigenvalue weighted by atomic mass is 10.1. The minimum absolute atomic E-state index is 0.0394. The maximum atomic E-state index is 12.6. The van der Waals surface area contributed by atoms with Crippen molar-refractivity contribution in [3.63, 3.8) is 0 Å². The number of carbonyl (C=O) groups excluding carboxylic acids is 2. The average Bonchev–Trinajstić information content (AvgIpc) is 3.21. The van der Waals surface area contributed by atoms with Gasteiger partial charge in [-0.1, -0.05) is 149 Å². The summed E-state index contributed by atoms with van der Waals surface area (Å²) in [5.41, 5.74) is 0. The highest BCUT2D eigenvalue weighted by atomic mass is 31.2. The lowest BCUT2D eigenvalue weighted by molar-refractivity contribution is -0.161. The van der Waals surface area contributed by atoms with E-state index in [-0.39, 0.29) is 26.1 Å². The summed E-state index contributed by atoms with van der Waals surface area (Å²) in [6, 6.07) is 0. The van der Waals surface area contributed by atoms with Gasteiger partial charge in [-0.3, -0.25) is 18.6 Å². The summed E-state index contributed by atoms with van der Waals surface area (Å²) in [7, 11) is -2.69. The highest BCUT2D eigenvalue weighted by Gasteiger charge is 2.26. The number of unbranched alkanes of at least 4 members (excludes halogenated alkanes) is 7. The predicted molar refractivity (Wildman–Crippen MR) is 242 cm³/mol. The highest BCUT2D eigenvalue weighted by molar-refractivity contribution is 7.47. The molecule has 2 N–H and O–H groups in total. The van der Waals surface area contributed by atoms with Crippen LogP contribution in [0.4, 0.5) is 0 Å². The Kier molecular flexibility index (Phi) is 40.8. The molecule has 0 saturated carbocycles. The van der Waals surface area contributed by atoms with Crippen LogP contribution in [0.15, 0.2) is 109 Å². The summed E-state index contributed by atoms with van der Waals surface area (Å²) in [5, 5.41) is 2.81. The fraction of sp³-hybridized carbons (Fsp3) is 0.583. The van der Waals surface area contributed by atoms with Crippen LogP contribution in [0, 0.1) is 0 Å². The molecular formula is C48H78NO8P. The predicted octanol–water partition coefficient (Wildman–Crippen LogP) is 12.6. The molecule has 0 radical (unpaired) electrons. The molecule has 0 heterocycles. The summed E-state index contributed by atoms with van der Waals surface area (Å²) in [5.74, 6) is -0.942. The number of nitrogens with one attached hydrogen (secondary N) is 1. The van der Waals surface area contributed by atoms with Crippen LogP contribution in [-0.2, 0) is 32.7 Å². The topological polar surface area (TPSA) is 120 Å². The normalized spacial score (nSPS) is 14.3. The fourth-order valence-electron chi connectivity index (χ4n) is 5.11. The molecule has 0 aromatic carbocycles. The SMILES string of the molecule is CC/C=C\C/C=C\C/C=C\C/C=C\C/C=C\C/C=C\CCC(=O)OCC(COP(=O)(O)OCCNC)OC(=O)CCCCCC/C=C\C/C=C\C/C=C\CCCCC. The molecule has 328 valence electrons. The number of carbonyl (C=O) groups is 2. The number of allylic oxidation sites excluding steroid dienone is 18. The first-order chi connectivity index (χ1) is 28.3. The van der Waals surface area contributed by atoms with Crippen LogP contribution in [0.1, 0.15) is 142 Å². The van der Waals surface area contributed by atoms with Crippen molar-refractivity contribution in [1.29, 1.82) is 0 Å². The van der Waals surface area contributed by atoms with Gasteiger partial charge in [0.25, 0.3) is 0 Å². The van der Waals surface area contributed by atoms with Crippen LogP contribution in [0.25, 0.3) is 0 Å². The van der Waals surface area contributed by atoms with E-state index in [1.807, 2.05) is 12.2 Å². The zero-order valence-corrected chi connectivity index (χ0v) is 37.1. The molecule has 58 heavy (non-hydrogen) atoms. The molecule has 0 aromatic heterocycles. The number of phosphoric ester groups is 1. The Bertz CT molecular complexity index is 1310. The second-order valence-electron chi connectivity index (χ2n) is 13.8. The third-order valence-electron chi connectivity index (χ3n) is 8.39. The Labute approximate surface area is 352 Å². The van der Waals surface area contributed by atoms with Gasteiger partial charge in [0.1, 0.15) is 6.61 Å². The first kappa shape index (κ1) is 54.7. The van der Waals surface area contributed by atoms with E-state index in [1.165, 1.54) is 25.7 Å². The van der Waals surface area contributed by atoms with E-state index in [9.17, 15) is 19.0 Å². The lowest BCUT2D eigenvalue weighted by Crippen LogP contribution is -2.29. The third kappa shape index (κ3) is 42.3. The smallest absolute Gasteiger partial charge is 0.462 e. The number of likely N-dealkylation sites (N-methyl/N-ethyl adjacent to an activating group) is 1. The van der Waals surface area contributed by atoms with Crippen LogP contribution in [0.3, 0.4) is 0 Å². The van der Waals surface area contributed by atoms with Crippen molar-refractivity contribution in [3.05, 3.63) is 109 Å². The second kappa shape index (κ2) is 43.3. The van der Waals surface area contributed by atoms with Crippen molar-refractivity contribution in [1.82, 2.24) is 5.32 Å². The number of rotatable bonds is 39. The van der Waals surface area contributed by atoms with Crippen molar-refractivity contribution < 1.29 is 37.6 Å². The Morgan fingerprint density at radius 2 is 1.02 bits per heavy atom. The minimum Gasteiger partial charge on any atom is -0.462 e. The van der Waals surface area contributed by atoms with Gasteiger partial charge in [0.05, 0.1) is 13.2 Å². The second-order valence-corrected chi connectivity index (χ2v) is 15.2. The van der Waals surface area contributed by atoms with E-state index in [4.69, 9.17) is 18.5 Å². The van der Waals surface area contributed by atoms with Gasteiger partial charge in [-0.15, -0.1) is 0 Å². The maximum Gasteiger partial charge on any atom is 0.472 e. The van der Waals surface area contributed by atoms with Crippen LogP contribution >= 0.6 is 7.82 Å². The fourth-order valence-corrected chi connectivity index (χ4v) is 5.86. The number of esters is 2. The Morgan fingerprint density at radius 3 is 1.52 bits per heavy atom. The zero-order valence-electron chi connectivity index (χ0n) is 36.2. The summed E-state index contributed by atoms with van der Waals surface area (Å²) >= 11 is 0. The summed E-state index contributed by atoms with van der Waals surface area (Å²) in [4.78, 5) is 35.0. The molecule has 0 amide bonds.